The van der Waals surface area contributed by atoms with Gasteiger partial charge in [-0.1, -0.05) is 30.3 Å². The zero-order valence-electron chi connectivity index (χ0n) is 17.0. The number of halogens is 1. The van der Waals surface area contributed by atoms with Crippen molar-refractivity contribution in [3.05, 3.63) is 35.9 Å². The number of aliphatic hydroxyl groups excluding tert-OH is 1. The Kier molecular flexibility index (Phi) is 10.0. The molecular weight excluding hydrogens is 465 g/mol. The van der Waals surface area contributed by atoms with Crippen LogP contribution >= 0.6 is 24.0 Å². The number of aliphatic imine (C=N–C) groups is 1. The summed E-state index contributed by atoms with van der Waals surface area (Å²) >= 11 is 0. The minimum atomic E-state index is 0. The number of nitrogens with zero attached hydrogens (tertiary/aromatic N) is 1. The zero-order valence-corrected chi connectivity index (χ0v) is 19.4. The number of aliphatic hydroxyl groups is 1. The molecule has 1 aromatic carbocycles. The van der Waals surface area contributed by atoms with Crippen molar-refractivity contribution in [1.82, 2.24) is 10.6 Å². The van der Waals surface area contributed by atoms with Gasteiger partial charge in [0.25, 0.3) is 0 Å². The molecule has 1 heterocycles. The van der Waals surface area contributed by atoms with Crippen molar-refractivity contribution >= 4 is 29.9 Å². The van der Waals surface area contributed by atoms with Gasteiger partial charge in [0.15, 0.2) is 5.96 Å². The van der Waals surface area contributed by atoms with Crippen LogP contribution in [0.5, 0.6) is 0 Å². The van der Waals surface area contributed by atoms with Crippen LogP contribution in [0.15, 0.2) is 35.3 Å². The Labute approximate surface area is 186 Å². The van der Waals surface area contributed by atoms with Crippen LogP contribution in [-0.4, -0.2) is 51.0 Å². The molecule has 1 saturated carbocycles. The average molecular weight is 501 g/mol. The molecule has 0 aromatic heterocycles. The summed E-state index contributed by atoms with van der Waals surface area (Å²) in [5, 5.41) is 16.3. The van der Waals surface area contributed by atoms with Gasteiger partial charge in [0, 0.05) is 38.8 Å². The Morgan fingerprint density at radius 1 is 1.18 bits per heavy atom. The van der Waals surface area contributed by atoms with Crippen LogP contribution in [0.25, 0.3) is 0 Å². The van der Waals surface area contributed by atoms with Crippen LogP contribution in [0.1, 0.15) is 50.0 Å². The molecule has 0 bridgehead atoms. The van der Waals surface area contributed by atoms with Crippen molar-refractivity contribution in [3.8, 4) is 0 Å². The molecule has 5 nitrogen and oxygen atoms in total. The SMILES string of the molecule is CN=C(NCC1CCC(c2ccccc2)CC1)NCC1(CCO)CCOC1.I. The van der Waals surface area contributed by atoms with Gasteiger partial charge < -0.3 is 20.5 Å². The van der Waals surface area contributed by atoms with Gasteiger partial charge in [-0.2, -0.15) is 0 Å². The van der Waals surface area contributed by atoms with E-state index in [0.717, 1.165) is 51.0 Å². The van der Waals surface area contributed by atoms with E-state index >= 15 is 0 Å². The molecule has 1 aliphatic heterocycles. The predicted octanol–water partition coefficient (Wildman–Crippen LogP) is 3.53. The Hall–Kier alpha value is -0.860. The molecular formula is C22H36IN3O2. The Morgan fingerprint density at radius 2 is 1.93 bits per heavy atom. The molecule has 6 heteroatoms. The maximum Gasteiger partial charge on any atom is 0.191 e. The molecule has 3 N–H and O–H groups in total. The standard InChI is InChI=1S/C22H35N3O2.HI/c1-23-21(25-16-22(11-13-26)12-14-27-17-22)24-15-18-7-9-20(10-8-18)19-5-3-2-4-6-19;/h2-6,18,20,26H,7-17H2,1H3,(H2,23,24,25);1H. The molecule has 0 amide bonds. The first-order valence-corrected chi connectivity index (χ1v) is 10.4. The Morgan fingerprint density at radius 3 is 2.54 bits per heavy atom. The lowest BCUT2D eigenvalue weighted by molar-refractivity contribution is 0.127. The van der Waals surface area contributed by atoms with Crippen LogP contribution in [0.3, 0.4) is 0 Å². The molecule has 0 radical (unpaired) electrons. The summed E-state index contributed by atoms with van der Waals surface area (Å²) in [6.45, 7) is 3.50. The number of hydrogen-bond acceptors (Lipinski definition) is 3. The van der Waals surface area contributed by atoms with Crippen LogP contribution < -0.4 is 10.6 Å². The normalized spacial score (nSPS) is 27.9. The van der Waals surface area contributed by atoms with Crippen molar-refractivity contribution in [2.45, 2.75) is 44.4 Å². The van der Waals surface area contributed by atoms with E-state index in [9.17, 15) is 5.11 Å². The first kappa shape index (κ1) is 23.4. The number of rotatable bonds is 7. The van der Waals surface area contributed by atoms with Crippen molar-refractivity contribution in [1.29, 1.82) is 0 Å². The largest absolute Gasteiger partial charge is 0.396 e. The third-order valence-corrected chi connectivity index (χ3v) is 6.36. The fraction of sp³-hybridized carbons (Fsp3) is 0.682. The fourth-order valence-corrected chi connectivity index (χ4v) is 4.47. The maximum atomic E-state index is 9.36. The highest BCUT2D eigenvalue weighted by atomic mass is 127. The second-order valence-corrected chi connectivity index (χ2v) is 8.21. The molecule has 158 valence electrons. The first-order valence-electron chi connectivity index (χ1n) is 10.4. The van der Waals surface area contributed by atoms with Gasteiger partial charge in [0.2, 0.25) is 0 Å². The molecule has 2 aliphatic rings. The third kappa shape index (κ3) is 6.59. The van der Waals surface area contributed by atoms with Crippen molar-refractivity contribution in [2.75, 3.05) is 40.0 Å². The Bertz CT molecular complexity index is 583. The quantitative estimate of drug-likeness (QED) is 0.304. The summed E-state index contributed by atoms with van der Waals surface area (Å²) in [7, 11) is 1.82. The van der Waals surface area contributed by atoms with Gasteiger partial charge in [0.1, 0.15) is 0 Å². The molecule has 2 fully saturated rings. The first-order chi connectivity index (χ1) is 13.2. The van der Waals surface area contributed by atoms with Crippen molar-refractivity contribution < 1.29 is 9.84 Å². The number of hydrogen-bond donors (Lipinski definition) is 3. The van der Waals surface area contributed by atoms with Crippen molar-refractivity contribution in [3.63, 3.8) is 0 Å². The van der Waals surface area contributed by atoms with Gasteiger partial charge in [-0.15, -0.1) is 24.0 Å². The average Bonchev–Trinajstić information content (AvgIpc) is 3.18. The molecule has 1 aromatic rings. The monoisotopic (exact) mass is 501 g/mol. The molecule has 1 atom stereocenters. The van der Waals surface area contributed by atoms with Crippen LogP contribution in [-0.2, 0) is 4.74 Å². The molecule has 1 unspecified atom stereocenters. The van der Waals surface area contributed by atoms with Crippen LogP contribution in [0.2, 0.25) is 0 Å². The minimum Gasteiger partial charge on any atom is -0.396 e. The summed E-state index contributed by atoms with van der Waals surface area (Å²) in [6, 6.07) is 10.9. The highest BCUT2D eigenvalue weighted by molar-refractivity contribution is 14.0. The summed E-state index contributed by atoms with van der Waals surface area (Å²) in [5.41, 5.74) is 1.54. The van der Waals surface area contributed by atoms with E-state index in [1.807, 2.05) is 7.05 Å². The fourth-order valence-electron chi connectivity index (χ4n) is 4.47. The summed E-state index contributed by atoms with van der Waals surface area (Å²) in [4.78, 5) is 4.38. The lowest BCUT2D eigenvalue weighted by atomic mass is 9.79. The third-order valence-electron chi connectivity index (χ3n) is 6.36. The molecule has 28 heavy (non-hydrogen) atoms. The van der Waals surface area contributed by atoms with E-state index in [2.05, 4.69) is 46.0 Å². The van der Waals surface area contributed by atoms with E-state index in [-0.39, 0.29) is 36.0 Å². The topological polar surface area (TPSA) is 65.9 Å². The van der Waals surface area contributed by atoms with E-state index in [4.69, 9.17) is 4.74 Å². The van der Waals surface area contributed by atoms with Gasteiger partial charge in [-0.25, -0.2) is 0 Å². The lowest BCUT2D eigenvalue weighted by Gasteiger charge is -2.30. The van der Waals surface area contributed by atoms with E-state index < -0.39 is 0 Å². The second-order valence-electron chi connectivity index (χ2n) is 8.21. The number of benzene rings is 1. The van der Waals surface area contributed by atoms with Gasteiger partial charge >= 0.3 is 0 Å². The van der Waals surface area contributed by atoms with E-state index in [0.29, 0.717) is 5.92 Å². The number of nitrogens with one attached hydrogen (secondary N) is 2. The maximum absolute atomic E-state index is 9.36. The van der Waals surface area contributed by atoms with Crippen molar-refractivity contribution in [2.24, 2.45) is 16.3 Å². The van der Waals surface area contributed by atoms with E-state index in [1.54, 1.807) is 0 Å². The predicted molar refractivity (Wildman–Crippen MR) is 125 cm³/mol. The van der Waals surface area contributed by atoms with Gasteiger partial charge in [-0.05, 0) is 55.9 Å². The lowest BCUT2D eigenvalue weighted by Crippen LogP contribution is -2.45. The molecule has 3 rings (SSSR count). The minimum absolute atomic E-state index is 0. The highest BCUT2D eigenvalue weighted by Crippen LogP contribution is 2.35. The molecule has 1 saturated heterocycles. The van der Waals surface area contributed by atoms with E-state index in [1.165, 1.54) is 31.2 Å². The highest BCUT2D eigenvalue weighted by Gasteiger charge is 2.34. The molecule has 0 spiro atoms. The summed E-state index contributed by atoms with van der Waals surface area (Å²) in [5.74, 6) is 2.30. The Balaban J connectivity index is 0.00000280. The van der Waals surface area contributed by atoms with Gasteiger partial charge in [-0.3, -0.25) is 4.99 Å². The smallest absolute Gasteiger partial charge is 0.191 e. The summed E-state index contributed by atoms with van der Waals surface area (Å²) < 4.78 is 5.57. The van der Waals surface area contributed by atoms with Crippen LogP contribution in [0, 0.1) is 11.3 Å². The van der Waals surface area contributed by atoms with Crippen LogP contribution in [0.4, 0.5) is 0 Å². The number of guanidine groups is 1. The second kappa shape index (κ2) is 12.0. The molecule has 1 aliphatic carbocycles. The van der Waals surface area contributed by atoms with Gasteiger partial charge in [0.05, 0.1) is 6.61 Å². The number of ether oxygens (including phenoxy) is 1. The summed E-state index contributed by atoms with van der Waals surface area (Å²) in [6.07, 6.45) is 6.87. The zero-order chi connectivity index (χ0) is 19.0.